The molecule has 1 N–H and O–H groups in total. The van der Waals surface area contributed by atoms with Crippen LogP contribution in [0.25, 0.3) is 0 Å². The van der Waals surface area contributed by atoms with E-state index in [4.69, 9.17) is 14.2 Å². The number of amides is 1. The number of hydrogen-bond donors (Lipinski definition) is 1. The molecule has 3 rings (SSSR count). The van der Waals surface area contributed by atoms with E-state index in [-0.39, 0.29) is 17.5 Å². The van der Waals surface area contributed by atoms with Crippen molar-refractivity contribution in [2.75, 3.05) is 19.8 Å². The molecule has 0 fully saturated rings. The van der Waals surface area contributed by atoms with Crippen molar-refractivity contribution in [2.45, 2.75) is 19.9 Å². The lowest BCUT2D eigenvalue weighted by molar-refractivity contribution is -0.124. The number of ketones is 1. The molecule has 8 nitrogen and oxygen atoms in total. The molecule has 0 radical (unpaired) electrons. The van der Waals surface area contributed by atoms with Crippen LogP contribution in [0.4, 0.5) is 0 Å². The van der Waals surface area contributed by atoms with Gasteiger partial charge in [0.2, 0.25) is 0 Å². The lowest BCUT2D eigenvalue weighted by Crippen LogP contribution is -2.31. The summed E-state index contributed by atoms with van der Waals surface area (Å²) < 4.78 is 17.6. The first-order valence-corrected chi connectivity index (χ1v) is 8.88. The molecule has 1 aliphatic rings. The van der Waals surface area contributed by atoms with E-state index in [1.54, 1.807) is 19.3 Å². The summed E-state index contributed by atoms with van der Waals surface area (Å²) in [4.78, 5) is 35.7. The molecular weight excluding hydrogens is 364 g/mol. The highest BCUT2D eigenvalue weighted by Crippen LogP contribution is 2.32. The topological polar surface area (TPSA) is 95.9 Å². The lowest BCUT2D eigenvalue weighted by atomic mass is 10.1. The van der Waals surface area contributed by atoms with Crippen LogP contribution >= 0.6 is 0 Å². The van der Waals surface area contributed by atoms with Gasteiger partial charge in [-0.05, 0) is 37.6 Å². The minimum Gasteiger partial charge on any atom is -0.486 e. The summed E-state index contributed by atoms with van der Waals surface area (Å²) in [7, 11) is 1.63. The average Bonchev–Trinajstić information content (AvgIpc) is 3.08. The van der Waals surface area contributed by atoms with Gasteiger partial charge in [0.15, 0.2) is 23.9 Å². The molecule has 2 heterocycles. The van der Waals surface area contributed by atoms with E-state index >= 15 is 0 Å². The Morgan fingerprint density at radius 2 is 1.89 bits per heavy atom. The van der Waals surface area contributed by atoms with Crippen LogP contribution in [0, 0.1) is 0 Å². The lowest BCUT2D eigenvalue weighted by Gasteiger charge is -2.21. The largest absolute Gasteiger partial charge is 0.486 e. The minimum atomic E-state index is -0.669. The SMILES string of the molecule is CC(=O)c1cc(C(=O)OCC(=O)N[C@H](C)c2ccc3c(c2)OCCO3)n(C)c1. The number of benzene rings is 1. The Kier molecular flexibility index (Phi) is 5.67. The van der Waals surface area contributed by atoms with E-state index < -0.39 is 18.5 Å². The summed E-state index contributed by atoms with van der Waals surface area (Å²) in [5, 5.41) is 2.77. The fourth-order valence-corrected chi connectivity index (χ4v) is 2.86. The molecule has 0 saturated carbocycles. The molecule has 1 aliphatic heterocycles. The van der Waals surface area contributed by atoms with Crippen LogP contribution in [-0.2, 0) is 16.6 Å². The Balaban J connectivity index is 1.55. The standard InChI is InChI=1S/C20H22N2O6/c1-12(14-4-5-17-18(9-14)27-7-6-26-17)21-19(24)11-28-20(25)16-8-15(13(2)23)10-22(16)3/h4-5,8-10,12H,6-7,11H2,1-3H3,(H,21,24)/t12-/m1/s1. The van der Waals surface area contributed by atoms with E-state index in [2.05, 4.69) is 5.32 Å². The number of fused-ring (bicyclic) bond motifs is 1. The molecule has 0 aliphatic carbocycles. The van der Waals surface area contributed by atoms with Crippen molar-refractivity contribution >= 4 is 17.7 Å². The molecule has 148 valence electrons. The van der Waals surface area contributed by atoms with Gasteiger partial charge in [-0.1, -0.05) is 6.07 Å². The predicted molar refractivity (Wildman–Crippen MR) is 99.7 cm³/mol. The molecule has 1 amide bonds. The fraction of sp³-hybridized carbons (Fsp3) is 0.350. The van der Waals surface area contributed by atoms with Gasteiger partial charge < -0.3 is 24.1 Å². The summed E-state index contributed by atoms with van der Waals surface area (Å²) in [5.41, 5.74) is 1.46. The Morgan fingerprint density at radius 1 is 1.18 bits per heavy atom. The average molecular weight is 386 g/mol. The number of ether oxygens (including phenoxy) is 3. The van der Waals surface area contributed by atoms with Gasteiger partial charge in [0.25, 0.3) is 5.91 Å². The third-order valence-electron chi connectivity index (χ3n) is 4.40. The second-order valence-electron chi connectivity index (χ2n) is 6.55. The molecule has 0 saturated heterocycles. The van der Waals surface area contributed by atoms with Crippen LogP contribution in [0.15, 0.2) is 30.5 Å². The van der Waals surface area contributed by atoms with E-state index in [9.17, 15) is 14.4 Å². The van der Waals surface area contributed by atoms with Crippen molar-refractivity contribution in [3.63, 3.8) is 0 Å². The third-order valence-corrected chi connectivity index (χ3v) is 4.40. The number of rotatable bonds is 6. The highest BCUT2D eigenvalue weighted by Gasteiger charge is 2.19. The predicted octanol–water partition coefficient (Wildman–Crippen LogP) is 2.03. The van der Waals surface area contributed by atoms with Crippen LogP contribution in [0.3, 0.4) is 0 Å². The Morgan fingerprint density at radius 3 is 2.57 bits per heavy atom. The molecular formula is C20H22N2O6. The van der Waals surface area contributed by atoms with Crippen LogP contribution in [0.5, 0.6) is 11.5 Å². The summed E-state index contributed by atoms with van der Waals surface area (Å²) >= 11 is 0. The van der Waals surface area contributed by atoms with Crippen molar-refractivity contribution in [2.24, 2.45) is 7.05 Å². The summed E-state index contributed by atoms with van der Waals surface area (Å²) in [6.07, 6.45) is 1.54. The number of hydrogen-bond acceptors (Lipinski definition) is 6. The number of esters is 1. The molecule has 1 aromatic heterocycles. The Bertz CT molecular complexity index is 917. The first kappa shape index (κ1) is 19.5. The van der Waals surface area contributed by atoms with Crippen molar-refractivity contribution in [3.8, 4) is 11.5 Å². The molecule has 2 aromatic rings. The van der Waals surface area contributed by atoms with Crippen molar-refractivity contribution in [3.05, 3.63) is 47.3 Å². The van der Waals surface area contributed by atoms with Crippen LogP contribution in [0.2, 0.25) is 0 Å². The summed E-state index contributed by atoms with van der Waals surface area (Å²) in [5.74, 6) is 0.0609. The zero-order valence-electron chi connectivity index (χ0n) is 16.0. The highest BCUT2D eigenvalue weighted by atomic mass is 16.6. The van der Waals surface area contributed by atoms with Gasteiger partial charge in [-0.3, -0.25) is 9.59 Å². The van der Waals surface area contributed by atoms with Gasteiger partial charge in [-0.15, -0.1) is 0 Å². The Hall–Kier alpha value is -3.29. The van der Waals surface area contributed by atoms with Crippen LogP contribution in [0.1, 0.15) is 46.3 Å². The quantitative estimate of drug-likeness (QED) is 0.603. The first-order chi connectivity index (χ1) is 13.3. The number of aromatic nitrogens is 1. The molecule has 1 aromatic carbocycles. The van der Waals surface area contributed by atoms with Crippen molar-refractivity contribution in [1.82, 2.24) is 9.88 Å². The first-order valence-electron chi connectivity index (χ1n) is 8.88. The molecule has 1 atom stereocenters. The van der Waals surface area contributed by atoms with Gasteiger partial charge in [0.05, 0.1) is 6.04 Å². The van der Waals surface area contributed by atoms with Gasteiger partial charge in [0, 0.05) is 18.8 Å². The van der Waals surface area contributed by atoms with E-state index in [1.165, 1.54) is 17.6 Å². The number of Topliss-reactive ketones (excluding diaryl/α,β-unsaturated/α-hetero) is 1. The maximum absolute atomic E-state index is 12.2. The van der Waals surface area contributed by atoms with Crippen LogP contribution < -0.4 is 14.8 Å². The van der Waals surface area contributed by atoms with Gasteiger partial charge in [-0.25, -0.2) is 4.79 Å². The second-order valence-corrected chi connectivity index (χ2v) is 6.55. The van der Waals surface area contributed by atoms with Gasteiger partial charge in [-0.2, -0.15) is 0 Å². The van der Waals surface area contributed by atoms with E-state index in [0.29, 0.717) is 30.3 Å². The summed E-state index contributed by atoms with van der Waals surface area (Å²) in [6, 6.07) is 6.60. The molecule has 28 heavy (non-hydrogen) atoms. The monoisotopic (exact) mass is 386 g/mol. The van der Waals surface area contributed by atoms with E-state index in [0.717, 1.165) is 5.56 Å². The summed E-state index contributed by atoms with van der Waals surface area (Å²) in [6.45, 7) is 3.81. The number of carbonyl (C=O) groups is 3. The highest BCUT2D eigenvalue weighted by molar-refractivity contribution is 5.98. The zero-order chi connectivity index (χ0) is 20.3. The number of nitrogens with zero attached hydrogens (tertiary/aromatic N) is 1. The molecule has 0 unspecified atom stereocenters. The maximum atomic E-state index is 12.2. The van der Waals surface area contributed by atoms with Crippen LogP contribution in [-0.4, -0.2) is 42.0 Å². The van der Waals surface area contributed by atoms with Crippen molar-refractivity contribution in [1.29, 1.82) is 0 Å². The third kappa shape index (κ3) is 4.33. The minimum absolute atomic E-state index is 0.152. The van der Waals surface area contributed by atoms with Gasteiger partial charge in [0.1, 0.15) is 18.9 Å². The Labute approximate surface area is 162 Å². The van der Waals surface area contributed by atoms with Gasteiger partial charge >= 0.3 is 5.97 Å². The smallest absolute Gasteiger partial charge is 0.355 e. The molecule has 0 spiro atoms. The second kappa shape index (κ2) is 8.16. The molecule has 0 bridgehead atoms. The number of carbonyl (C=O) groups excluding carboxylic acids is 3. The fourth-order valence-electron chi connectivity index (χ4n) is 2.86. The normalized spacial score (nSPS) is 13.5. The van der Waals surface area contributed by atoms with Crippen molar-refractivity contribution < 1.29 is 28.6 Å². The van der Waals surface area contributed by atoms with E-state index in [1.807, 2.05) is 19.1 Å². The number of aryl methyl sites for hydroxylation is 1. The maximum Gasteiger partial charge on any atom is 0.355 e. The zero-order valence-corrected chi connectivity index (χ0v) is 16.0. The number of nitrogens with one attached hydrogen (secondary N) is 1. The molecule has 8 heteroatoms.